The van der Waals surface area contributed by atoms with Gasteiger partial charge in [-0.2, -0.15) is 0 Å². The molecule has 0 radical (unpaired) electrons. The number of alkyl halides is 1. The van der Waals surface area contributed by atoms with E-state index < -0.39 is 0 Å². The summed E-state index contributed by atoms with van der Waals surface area (Å²) < 4.78 is 0. The summed E-state index contributed by atoms with van der Waals surface area (Å²) in [4.78, 5) is 13.7. The maximum absolute atomic E-state index is 11.9. The summed E-state index contributed by atoms with van der Waals surface area (Å²) in [6, 6.07) is 8.67. The molecule has 0 aliphatic carbocycles. The van der Waals surface area contributed by atoms with E-state index in [4.69, 9.17) is 11.6 Å². The smallest absolute Gasteiger partial charge is 0.224 e. The zero-order valence-corrected chi connectivity index (χ0v) is 12.9. The van der Waals surface area contributed by atoms with E-state index in [0.29, 0.717) is 13.0 Å². The highest BCUT2D eigenvalue weighted by molar-refractivity contribution is 6.22. The van der Waals surface area contributed by atoms with Gasteiger partial charge >= 0.3 is 0 Å². The Labute approximate surface area is 120 Å². The van der Waals surface area contributed by atoms with Crippen LogP contribution in [0.15, 0.2) is 24.3 Å². The molecule has 2 nitrogen and oxygen atoms in total. The minimum Gasteiger partial charge on any atom is -0.334 e. The molecule has 1 aromatic rings. The molecular weight excluding hydrogens is 258 g/mol. The highest BCUT2D eigenvalue weighted by Crippen LogP contribution is 2.29. The van der Waals surface area contributed by atoms with Gasteiger partial charge in [-0.15, -0.1) is 11.6 Å². The number of likely N-dealkylation sites (tertiary alicyclic amines) is 1. The molecule has 0 N–H and O–H groups in total. The van der Waals surface area contributed by atoms with E-state index in [-0.39, 0.29) is 22.7 Å². The predicted molar refractivity (Wildman–Crippen MR) is 79.5 cm³/mol. The highest BCUT2D eigenvalue weighted by atomic mass is 35.5. The summed E-state index contributed by atoms with van der Waals surface area (Å²) in [6.45, 7) is 9.33. The fourth-order valence-corrected chi connectivity index (χ4v) is 2.78. The first-order valence-corrected chi connectivity index (χ1v) is 7.26. The number of nitrogens with zero attached hydrogens (tertiary/aromatic N) is 1. The molecule has 2 rings (SSSR count). The zero-order chi connectivity index (χ0) is 14.2. The van der Waals surface area contributed by atoms with Crippen LogP contribution < -0.4 is 0 Å². The lowest BCUT2D eigenvalue weighted by atomic mass is 9.86. The van der Waals surface area contributed by atoms with Gasteiger partial charge in [0, 0.05) is 13.0 Å². The molecular formula is C16H22ClNO. The van der Waals surface area contributed by atoms with Crippen molar-refractivity contribution in [2.45, 2.75) is 50.9 Å². The first kappa shape index (κ1) is 14.4. The Morgan fingerprint density at radius 3 is 2.26 bits per heavy atom. The Morgan fingerprint density at radius 1 is 1.26 bits per heavy atom. The van der Waals surface area contributed by atoms with E-state index in [9.17, 15) is 4.79 Å². The maximum Gasteiger partial charge on any atom is 0.224 e. The van der Waals surface area contributed by atoms with Gasteiger partial charge in [0.25, 0.3) is 0 Å². The number of hydrogen-bond donors (Lipinski definition) is 0. The fourth-order valence-electron chi connectivity index (χ4n) is 2.50. The third-order valence-corrected chi connectivity index (χ3v) is 4.13. The van der Waals surface area contributed by atoms with Crippen molar-refractivity contribution in [3.05, 3.63) is 35.4 Å². The molecule has 2 atom stereocenters. The van der Waals surface area contributed by atoms with Gasteiger partial charge in [-0.1, -0.05) is 45.0 Å². The van der Waals surface area contributed by atoms with Crippen LogP contribution in [0, 0.1) is 0 Å². The van der Waals surface area contributed by atoms with Gasteiger partial charge in [0.1, 0.15) is 0 Å². The molecule has 2 unspecified atom stereocenters. The van der Waals surface area contributed by atoms with Crippen LogP contribution in [0.3, 0.4) is 0 Å². The Balaban J connectivity index is 2.16. The third kappa shape index (κ3) is 3.11. The van der Waals surface area contributed by atoms with Crippen molar-refractivity contribution in [1.29, 1.82) is 0 Å². The Bertz CT molecular complexity index is 461. The van der Waals surface area contributed by atoms with Crippen molar-refractivity contribution in [2.24, 2.45) is 0 Å². The first-order chi connectivity index (χ1) is 8.79. The molecule has 1 amide bonds. The van der Waals surface area contributed by atoms with Crippen molar-refractivity contribution >= 4 is 17.5 Å². The Hall–Kier alpha value is -1.02. The van der Waals surface area contributed by atoms with Gasteiger partial charge in [-0.05, 0) is 23.5 Å². The van der Waals surface area contributed by atoms with Crippen LogP contribution >= 0.6 is 11.6 Å². The van der Waals surface area contributed by atoms with Gasteiger partial charge in [-0.25, -0.2) is 0 Å². The van der Waals surface area contributed by atoms with Gasteiger partial charge < -0.3 is 4.90 Å². The predicted octanol–water partition coefficient (Wildman–Crippen LogP) is 3.88. The molecule has 3 heteroatoms. The van der Waals surface area contributed by atoms with E-state index in [1.54, 1.807) is 0 Å². The molecule has 0 bridgehead atoms. The van der Waals surface area contributed by atoms with Crippen molar-refractivity contribution in [2.75, 3.05) is 6.54 Å². The molecule has 1 heterocycles. The number of hydrogen-bond acceptors (Lipinski definition) is 1. The lowest BCUT2D eigenvalue weighted by molar-refractivity contribution is -0.129. The number of carbonyl (C=O) groups is 1. The SMILES string of the molecule is CC(c1ccc(C(C)(C)C)cc1)N1CC(Cl)CC1=O. The quantitative estimate of drug-likeness (QED) is 0.752. The average molecular weight is 280 g/mol. The van der Waals surface area contributed by atoms with E-state index in [1.165, 1.54) is 11.1 Å². The van der Waals surface area contributed by atoms with Crippen LogP contribution in [0.4, 0.5) is 0 Å². The zero-order valence-electron chi connectivity index (χ0n) is 12.1. The minimum absolute atomic E-state index is 0.0381. The fraction of sp³-hybridized carbons (Fsp3) is 0.562. The summed E-state index contributed by atoms with van der Waals surface area (Å²) in [7, 11) is 0. The highest BCUT2D eigenvalue weighted by Gasteiger charge is 2.31. The molecule has 0 spiro atoms. The number of halogens is 1. The van der Waals surface area contributed by atoms with E-state index >= 15 is 0 Å². The van der Waals surface area contributed by atoms with Crippen molar-refractivity contribution in [3.63, 3.8) is 0 Å². The largest absolute Gasteiger partial charge is 0.334 e. The topological polar surface area (TPSA) is 20.3 Å². The first-order valence-electron chi connectivity index (χ1n) is 6.83. The van der Waals surface area contributed by atoms with Crippen LogP contribution in [0.25, 0.3) is 0 Å². The number of rotatable bonds is 2. The summed E-state index contributed by atoms with van der Waals surface area (Å²) in [5.41, 5.74) is 2.64. The van der Waals surface area contributed by atoms with Gasteiger partial charge in [0.2, 0.25) is 5.91 Å². The molecule has 1 aliphatic rings. The standard InChI is InChI=1S/C16H22ClNO/c1-11(18-10-14(17)9-15(18)19)12-5-7-13(8-6-12)16(2,3)4/h5-8,11,14H,9-10H2,1-4H3. The van der Waals surface area contributed by atoms with Gasteiger partial charge in [-0.3, -0.25) is 4.79 Å². The second-order valence-corrected chi connectivity index (χ2v) is 7.01. The molecule has 1 aromatic carbocycles. The molecule has 0 aromatic heterocycles. The van der Waals surface area contributed by atoms with Crippen LogP contribution in [-0.4, -0.2) is 22.7 Å². The van der Waals surface area contributed by atoms with Crippen LogP contribution in [0.1, 0.15) is 51.3 Å². The molecule has 19 heavy (non-hydrogen) atoms. The average Bonchev–Trinajstić information content (AvgIpc) is 2.66. The monoisotopic (exact) mass is 279 g/mol. The number of carbonyl (C=O) groups excluding carboxylic acids is 1. The van der Waals surface area contributed by atoms with Crippen LogP contribution in [0.5, 0.6) is 0 Å². The van der Waals surface area contributed by atoms with Gasteiger partial charge in [0.15, 0.2) is 0 Å². The maximum atomic E-state index is 11.9. The summed E-state index contributed by atoms with van der Waals surface area (Å²) >= 11 is 6.06. The second kappa shape index (κ2) is 5.16. The van der Waals surface area contributed by atoms with Crippen molar-refractivity contribution < 1.29 is 4.79 Å². The number of amides is 1. The van der Waals surface area contributed by atoms with E-state index in [2.05, 4.69) is 52.0 Å². The van der Waals surface area contributed by atoms with E-state index in [0.717, 1.165) is 0 Å². The molecule has 104 valence electrons. The van der Waals surface area contributed by atoms with Crippen molar-refractivity contribution in [1.82, 2.24) is 4.90 Å². The molecule has 0 saturated carbocycles. The van der Waals surface area contributed by atoms with Crippen LogP contribution in [-0.2, 0) is 10.2 Å². The third-order valence-electron chi connectivity index (χ3n) is 3.84. The minimum atomic E-state index is -0.0381. The normalized spacial score (nSPS) is 21.8. The lowest BCUT2D eigenvalue weighted by Crippen LogP contribution is -2.28. The van der Waals surface area contributed by atoms with E-state index in [1.807, 2.05) is 4.90 Å². The van der Waals surface area contributed by atoms with Crippen molar-refractivity contribution in [3.8, 4) is 0 Å². The molecule has 1 aliphatic heterocycles. The Kier molecular flexibility index (Phi) is 3.91. The lowest BCUT2D eigenvalue weighted by Gasteiger charge is -2.26. The molecule has 1 saturated heterocycles. The summed E-state index contributed by atoms with van der Waals surface area (Å²) in [5, 5.41) is -0.0381. The number of benzene rings is 1. The summed E-state index contributed by atoms with van der Waals surface area (Å²) in [6.07, 6.45) is 0.464. The molecule has 1 fully saturated rings. The Morgan fingerprint density at radius 2 is 1.84 bits per heavy atom. The summed E-state index contributed by atoms with van der Waals surface area (Å²) in [5.74, 6) is 0.160. The second-order valence-electron chi connectivity index (χ2n) is 6.40. The van der Waals surface area contributed by atoms with Crippen LogP contribution in [0.2, 0.25) is 0 Å². The van der Waals surface area contributed by atoms with Gasteiger partial charge in [0.05, 0.1) is 11.4 Å².